The van der Waals surface area contributed by atoms with Crippen molar-refractivity contribution in [2.45, 2.75) is 58.5 Å². The molecule has 0 unspecified atom stereocenters. The summed E-state index contributed by atoms with van der Waals surface area (Å²) in [4.78, 5) is 22.2. The zero-order chi connectivity index (χ0) is 12.8. The lowest BCUT2D eigenvalue weighted by Gasteiger charge is -2.26. The van der Waals surface area contributed by atoms with Gasteiger partial charge in [0.05, 0.1) is 0 Å². The molecule has 3 N–H and O–H groups in total. The molecule has 0 aliphatic heterocycles. The van der Waals surface area contributed by atoms with Crippen LogP contribution in [-0.4, -0.2) is 28.7 Å². The molecule has 0 rings (SSSR count). The number of carbonyl (C=O) groups is 2. The van der Waals surface area contributed by atoms with Crippen LogP contribution in [0, 0.1) is 0 Å². The Balaban J connectivity index is 4.21. The van der Waals surface area contributed by atoms with Gasteiger partial charge in [-0.1, -0.05) is 20.3 Å². The van der Waals surface area contributed by atoms with E-state index in [4.69, 9.17) is 5.11 Å². The molecule has 94 valence electrons. The molecule has 2 amide bonds. The Kier molecular flexibility index (Phi) is 5.85. The average Bonchev–Trinajstić information content (AvgIpc) is 2.12. The normalized spacial score (nSPS) is 13.0. The summed E-state index contributed by atoms with van der Waals surface area (Å²) in [5, 5.41) is 14.0. The van der Waals surface area contributed by atoms with E-state index in [2.05, 4.69) is 10.6 Å². The van der Waals surface area contributed by atoms with Gasteiger partial charge in [-0.25, -0.2) is 9.59 Å². The van der Waals surface area contributed by atoms with Gasteiger partial charge in [0, 0.05) is 5.54 Å². The van der Waals surface area contributed by atoms with Crippen LogP contribution in [0.2, 0.25) is 0 Å². The van der Waals surface area contributed by atoms with Crippen LogP contribution in [-0.2, 0) is 4.79 Å². The van der Waals surface area contributed by atoms with Crippen LogP contribution in [0.1, 0.15) is 47.0 Å². The molecule has 5 nitrogen and oxygen atoms in total. The zero-order valence-corrected chi connectivity index (χ0v) is 10.5. The number of hydrogen-bond donors (Lipinski definition) is 3. The SMILES string of the molecule is CCCC(C)(C)NC(=O)N[C@H](CC)C(=O)O. The van der Waals surface area contributed by atoms with E-state index in [0.29, 0.717) is 6.42 Å². The topological polar surface area (TPSA) is 78.4 Å². The molecule has 0 heterocycles. The van der Waals surface area contributed by atoms with Crippen LogP contribution in [0.15, 0.2) is 0 Å². The molecule has 5 heteroatoms. The highest BCUT2D eigenvalue weighted by Crippen LogP contribution is 2.10. The molecule has 0 aromatic rings. The quantitative estimate of drug-likeness (QED) is 0.650. The maximum Gasteiger partial charge on any atom is 0.326 e. The molecule has 0 aliphatic carbocycles. The average molecular weight is 230 g/mol. The summed E-state index contributed by atoms with van der Waals surface area (Å²) in [5.74, 6) is -1.01. The van der Waals surface area contributed by atoms with Gasteiger partial charge in [0.2, 0.25) is 0 Å². The van der Waals surface area contributed by atoms with E-state index >= 15 is 0 Å². The maximum atomic E-state index is 11.5. The van der Waals surface area contributed by atoms with Crippen molar-refractivity contribution < 1.29 is 14.7 Å². The van der Waals surface area contributed by atoms with E-state index in [1.165, 1.54) is 0 Å². The lowest BCUT2D eigenvalue weighted by Crippen LogP contribution is -2.52. The van der Waals surface area contributed by atoms with Crippen molar-refractivity contribution in [2.75, 3.05) is 0 Å². The summed E-state index contributed by atoms with van der Waals surface area (Å²) >= 11 is 0. The molecule has 0 spiro atoms. The number of nitrogens with one attached hydrogen (secondary N) is 2. The first-order valence-electron chi connectivity index (χ1n) is 5.64. The molecular formula is C11H22N2O3. The van der Waals surface area contributed by atoms with E-state index in [-0.39, 0.29) is 5.54 Å². The number of hydrogen-bond acceptors (Lipinski definition) is 2. The molecular weight excluding hydrogens is 208 g/mol. The number of amides is 2. The first-order chi connectivity index (χ1) is 7.32. The minimum atomic E-state index is -1.01. The summed E-state index contributed by atoms with van der Waals surface area (Å²) in [5.41, 5.74) is -0.310. The van der Waals surface area contributed by atoms with Crippen LogP contribution in [0.25, 0.3) is 0 Å². The second kappa shape index (κ2) is 6.35. The number of urea groups is 1. The largest absolute Gasteiger partial charge is 0.480 e. The van der Waals surface area contributed by atoms with Gasteiger partial charge in [-0.15, -0.1) is 0 Å². The van der Waals surface area contributed by atoms with E-state index in [1.807, 2.05) is 20.8 Å². The van der Waals surface area contributed by atoms with Gasteiger partial charge in [-0.3, -0.25) is 0 Å². The fraction of sp³-hybridized carbons (Fsp3) is 0.818. The molecule has 0 aromatic heterocycles. The Bertz CT molecular complexity index is 252. The number of aliphatic carboxylic acids is 1. The van der Waals surface area contributed by atoms with E-state index < -0.39 is 18.0 Å². The molecule has 0 fully saturated rings. The summed E-state index contributed by atoms with van der Waals surface area (Å²) in [6.45, 7) is 7.58. The molecule has 0 aromatic carbocycles. The fourth-order valence-electron chi connectivity index (χ4n) is 1.53. The van der Waals surface area contributed by atoms with Crippen molar-refractivity contribution >= 4 is 12.0 Å². The van der Waals surface area contributed by atoms with Gasteiger partial charge in [0.15, 0.2) is 0 Å². The molecule has 0 radical (unpaired) electrons. The van der Waals surface area contributed by atoms with Crippen molar-refractivity contribution in [1.29, 1.82) is 0 Å². The Labute approximate surface area is 96.6 Å². The first-order valence-corrected chi connectivity index (χ1v) is 5.64. The second-order valence-corrected chi connectivity index (χ2v) is 4.53. The predicted molar refractivity (Wildman–Crippen MR) is 62.4 cm³/mol. The highest BCUT2D eigenvalue weighted by molar-refractivity contribution is 5.82. The van der Waals surface area contributed by atoms with Crippen molar-refractivity contribution in [3.8, 4) is 0 Å². The number of carboxylic acids is 1. The Hall–Kier alpha value is -1.26. The molecule has 0 aliphatic rings. The highest BCUT2D eigenvalue weighted by Gasteiger charge is 2.22. The van der Waals surface area contributed by atoms with Crippen molar-refractivity contribution in [3.05, 3.63) is 0 Å². The van der Waals surface area contributed by atoms with Crippen molar-refractivity contribution in [1.82, 2.24) is 10.6 Å². The van der Waals surface area contributed by atoms with Crippen LogP contribution >= 0.6 is 0 Å². The second-order valence-electron chi connectivity index (χ2n) is 4.53. The van der Waals surface area contributed by atoms with Crippen LogP contribution in [0.4, 0.5) is 4.79 Å². The van der Waals surface area contributed by atoms with Gasteiger partial charge in [-0.2, -0.15) is 0 Å². The standard InChI is InChI=1S/C11H22N2O3/c1-5-7-11(3,4)13-10(16)12-8(6-2)9(14)15/h8H,5-7H2,1-4H3,(H,14,15)(H2,12,13,16)/t8-/m1/s1. The van der Waals surface area contributed by atoms with Gasteiger partial charge >= 0.3 is 12.0 Å². The third-order valence-corrected chi connectivity index (χ3v) is 2.34. The van der Waals surface area contributed by atoms with Crippen molar-refractivity contribution in [3.63, 3.8) is 0 Å². The molecule has 1 atom stereocenters. The summed E-state index contributed by atoms with van der Waals surface area (Å²) in [6.07, 6.45) is 2.19. The Morgan fingerprint density at radius 2 is 1.88 bits per heavy atom. The Morgan fingerprint density at radius 3 is 2.25 bits per heavy atom. The summed E-state index contributed by atoms with van der Waals surface area (Å²) in [6, 6.07) is -1.25. The predicted octanol–water partition coefficient (Wildman–Crippen LogP) is 1.73. The highest BCUT2D eigenvalue weighted by atomic mass is 16.4. The van der Waals surface area contributed by atoms with Crippen molar-refractivity contribution in [2.24, 2.45) is 0 Å². The molecule has 0 saturated heterocycles. The van der Waals surface area contributed by atoms with Gasteiger partial charge in [0.25, 0.3) is 0 Å². The lowest BCUT2D eigenvalue weighted by atomic mass is 9.99. The first kappa shape index (κ1) is 14.7. The van der Waals surface area contributed by atoms with Crippen LogP contribution in [0.3, 0.4) is 0 Å². The van der Waals surface area contributed by atoms with Gasteiger partial charge in [-0.05, 0) is 26.7 Å². The number of carboxylic acid groups (broad SMARTS) is 1. The lowest BCUT2D eigenvalue weighted by molar-refractivity contribution is -0.139. The van der Waals surface area contributed by atoms with Crippen LogP contribution < -0.4 is 10.6 Å². The smallest absolute Gasteiger partial charge is 0.326 e. The molecule has 0 bridgehead atoms. The van der Waals surface area contributed by atoms with E-state index in [9.17, 15) is 9.59 Å². The molecule has 0 saturated carbocycles. The number of carbonyl (C=O) groups excluding carboxylic acids is 1. The minimum Gasteiger partial charge on any atom is -0.480 e. The van der Waals surface area contributed by atoms with E-state index in [0.717, 1.165) is 12.8 Å². The maximum absolute atomic E-state index is 11.5. The summed E-state index contributed by atoms with van der Waals surface area (Å²) < 4.78 is 0. The van der Waals surface area contributed by atoms with E-state index in [1.54, 1.807) is 6.92 Å². The third-order valence-electron chi connectivity index (χ3n) is 2.34. The third kappa shape index (κ3) is 5.58. The summed E-state index contributed by atoms with van der Waals surface area (Å²) in [7, 11) is 0. The minimum absolute atomic E-state index is 0.310. The Morgan fingerprint density at radius 1 is 1.31 bits per heavy atom. The monoisotopic (exact) mass is 230 g/mol. The van der Waals surface area contributed by atoms with Crippen LogP contribution in [0.5, 0.6) is 0 Å². The molecule has 16 heavy (non-hydrogen) atoms. The van der Waals surface area contributed by atoms with Gasteiger partial charge in [0.1, 0.15) is 6.04 Å². The zero-order valence-electron chi connectivity index (χ0n) is 10.5. The number of rotatable bonds is 6. The fourth-order valence-corrected chi connectivity index (χ4v) is 1.53. The van der Waals surface area contributed by atoms with Gasteiger partial charge < -0.3 is 15.7 Å².